The van der Waals surface area contributed by atoms with Gasteiger partial charge in [0.2, 0.25) is 0 Å². The van der Waals surface area contributed by atoms with Gasteiger partial charge in [-0.25, -0.2) is 4.79 Å². The number of urea groups is 1. The van der Waals surface area contributed by atoms with Crippen LogP contribution in [0.1, 0.15) is 36.5 Å². The molecule has 0 saturated heterocycles. The van der Waals surface area contributed by atoms with E-state index in [1.807, 2.05) is 0 Å². The van der Waals surface area contributed by atoms with Crippen molar-refractivity contribution in [1.29, 1.82) is 0 Å². The Labute approximate surface area is 112 Å². The number of nitrogens with one attached hydrogen (secondary N) is 2. The normalized spacial score (nSPS) is 16.3. The van der Waals surface area contributed by atoms with Crippen molar-refractivity contribution in [3.63, 3.8) is 0 Å². The van der Waals surface area contributed by atoms with E-state index in [-0.39, 0.29) is 18.4 Å². The van der Waals surface area contributed by atoms with Gasteiger partial charge in [0.05, 0.1) is 12.1 Å². The van der Waals surface area contributed by atoms with Gasteiger partial charge in [0.25, 0.3) is 0 Å². The minimum Gasteiger partial charge on any atom is -0.394 e. The van der Waals surface area contributed by atoms with Gasteiger partial charge >= 0.3 is 6.03 Å². The predicted molar refractivity (Wildman–Crippen MR) is 72.3 cm³/mol. The molecule has 1 fully saturated rings. The molecule has 0 atom stereocenters. The molecule has 5 nitrogen and oxygen atoms in total. The Morgan fingerprint density at radius 3 is 2.32 bits per heavy atom. The number of ketones is 1. The zero-order valence-corrected chi connectivity index (χ0v) is 10.9. The molecular weight excluding hydrogens is 244 g/mol. The number of hydrogen-bond donors (Lipinski definition) is 3. The minimum absolute atomic E-state index is 0.00953. The molecule has 5 heteroatoms. The fourth-order valence-corrected chi connectivity index (χ4v) is 2.12. The lowest BCUT2D eigenvalue weighted by atomic mass is 9.77. The molecule has 102 valence electrons. The van der Waals surface area contributed by atoms with Crippen LogP contribution in [0.5, 0.6) is 0 Å². The predicted octanol–water partition coefficient (Wildman–Crippen LogP) is 1.93. The SMILES string of the molecule is CC(=O)c1ccc(NC(=O)NC2(CO)CCC2)cc1. The van der Waals surface area contributed by atoms with Gasteiger partial charge in [-0.05, 0) is 50.5 Å². The van der Waals surface area contributed by atoms with Crippen LogP contribution in [0.15, 0.2) is 24.3 Å². The monoisotopic (exact) mass is 262 g/mol. The van der Waals surface area contributed by atoms with Gasteiger partial charge in [-0.1, -0.05) is 0 Å². The molecule has 1 aromatic carbocycles. The topological polar surface area (TPSA) is 78.4 Å². The molecule has 0 spiro atoms. The first-order chi connectivity index (χ1) is 9.04. The number of anilines is 1. The molecule has 2 rings (SSSR count). The van der Waals surface area contributed by atoms with Crippen molar-refractivity contribution in [2.45, 2.75) is 31.7 Å². The zero-order valence-electron chi connectivity index (χ0n) is 10.9. The first kappa shape index (κ1) is 13.5. The van der Waals surface area contributed by atoms with Crippen molar-refractivity contribution in [3.05, 3.63) is 29.8 Å². The van der Waals surface area contributed by atoms with Gasteiger partial charge < -0.3 is 15.7 Å². The van der Waals surface area contributed by atoms with E-state index in [4.69, 9.17) is 0 Å². The Hall–Kier alpha value is -1.88. The Morgan fingerprint density at radius 1 is 1.26 bits per heavy atom. The number of hydrogen-bond acceptors (Lipinski definition) is 3. The summed E-state index contributed by atoms with van der Waals surface area (Å²) in [6.45, 7) is 1.46. The van der Waals surface area contributed by atoms with Gasteiger partial charge in [0.15, 0.2) is 5.78 Å². The van der Waals surface area contributed by atoms with E-state index >= 15 is 0 Å². The Morgan fingerprint density at radius 2 is 1.89 bits per heavy atom. The third kappa shape index (κ3) is 3.12. The second-order valence-electron chi connectivity index (χ2n) is 5.00. The van der Waals surface area contributed by atoms with Crippen molar-refractivity contribution in [1.82, 2.24) is 5.32 Å². The summed E-state index contributed by atoms with van der Waals surface area (Å²) in [5.74, 6) is -0.00953. The number of amides is 2. The largest absolute Gasteiger partial charge is 0.394 e. The Balaban J connectivity index is 1.93. The molecule has 19 heavy (non-hydrogen) atoms. The first-order valence-corrected chi connectivity index (χ1v) is 6.36. The molecule has 0 heterocycles. The molecule has 1 aliphatic rings. The number of carbonyl (C=O) groups excluding carboxylic acids is 2. The van der Waals surface area contributed by atoms with Crippen molar-refractivity contribution >= 4 is 17.5 Å². The minimum atomic E-state index is -0.455. The molecule has 1 aromatic rings. The maximum absolute atomic E-state index is 11.8. The van der Waals surface area contributed by atoms with Crippen LogP contribution < -0.4 is 10.6 Å². The summed E-state index contributed by atoms with van der Waals surface area (Å²) in [5.41, 5.74) is 0.773. The highest BCUT2D eigenvalue weighted by atomic mass is 16.3. The maximum Gasteiger partial charge on any atom is 0.319 e. The van der Waals surface area contributed by atoms with Gasteiger partial charge in [0.1, 0.15) is 0 Å². The second kappa shape index (κ2) is 5.40. The van der Waals surface area contributed by atoms with Gasteiger partial charge in [0, 0.05) is 11.3 Å². The lowest BCUT2D eigenvalue weighted by molar-refractivity contribution is 0.0984. The smallest absolute Gasteiger partial charge is 0.319 e. The van der Waals surface area contributed by atoms with Gasteiger partial charge in [-0.3, -0.25) is 4.79 Å². The third-order valence-corrected chi connectivity index (χ3v) is 3.54. The summed E-state index contributed by atoms with van der Waals surface area (Å²) in [5, 5.41) is 14.8. The van der Waals surface area contributed by atoms with Crippen LogP contribution in [-0.2, 0) is 0 Å². The Kier molecular flexibility index (Phi) is 3.85. The van der Waals surface area contributed by atoms with E-state index in [0.717, 1.165) is 19.3 Å². The van der Waals surface area contributed by atoms with E-state index in [9.17, 15) is 14.7 Å². The Bertz CT molecular complexity index is 472. The van der Waals surface area contributed by atoms with Crippen LogP contribution in [0.2, 0.25) is 0 Å². The molecule has 0 unspecified atom stereocenters. The van der Waals surface area contributed by atoms with E-state index in [2.05, 4.69) is 10.6 Å². The van der Waals surface area contributed by atoms with E-state index in [0.29, 0.717) is 11.3 Å². The number of carbonyl (C=O) groups is 2. The van der Waals surface area contributed by atoms with E-state index < -0.39 is 5.54 Å². The number of Topliss-reactive ketones (excluding diaryl/α,β-unsaturated/α-hetero) is 1. The number of aliphatic hydroxyl groups is 1. The van der Waals surface area contributed by atoms with Crippen LogP contribution in [0, 0.1) is 0 Å². The van der Waals surface area contributed by atoms with Crippen molar-refractivity contribution < 1.29 is 14.7 Å². The summed E-state index contributed by atoms with van der Waals surface area (Å²) in [6, 6.07) is 6.38. The molecule has 0 radical (unpaired) electrons. The van der Waals surface area contributed by atoms with Crippen molar-refractivity contribution in [3.8, 4) is 0 Å². The maximum atomic E-state index is 11.8. The molecule has 0 aliphatic heterocycles. The third-order valence-electron chi connectivity index (χ3n) is 3.54. The molecule has 0 aromatic heterocycles. The fourth-order valence-electron chi connectivity index (χ4n) is 2.12. The summed E-state index contributed by atoms with van der Waals surface area (Å²) in [7, 11) is 0. The van der Waals surface area contributed by atoms with Crippen LogP contribution >= 0.6 is 0 Å². The summed E-state index contributed by atoms with van der Waals surface area (Å²) >= 11 is 0. The highest BCUT2D eigenvalue weighted by Gasteiger charge is 2.37. The molecule has 2 amide bonds. The molecule has 3 N–H and O–H groups in total. The van der Waals surface area contributed by atoms with Gasteiger partial charge in [-0.15, -0.1) is 0 Å². The van der Waals surface area contributed by atoms with Gasteiger partial charge in [-0.2, -0.15) is 0 Å². The van der Waals surface area contributed by atoms with Crippen LogP contribution in [-0.4, -0.2) is 29.1 Å². The highest BCUT2D eigenvalue weighted by Crippen LogP contribution is 2.31. The van der Waals surface area contributed by atoms with Crippen LogP contribution in [0.4, 0.5) is 10.5 Å². The number of aliphatic hydroxyl groups excluding tert-OH is 1. The van der Waals surface area contributed by atoms with Crippen LogP contribution in [0.3, 0.4) is 0 Å². The molecule has 1 saturated carbocycles. The molecule has 0 bridgehead atoms. The van der Waals surface area contributed by atoms with Crippen LogP contribution in [0.25, 0.3) is 0 Å². The summed E-state index contributed by atoms with van der Waals surface area (Å²) in [6.07, 6.45) is 2.63. The van der Waals surface area contributed by atoms with E-state index in [1.165, 1.54) is 6.92 Å². The molecule has 1 aliphatic carbocycles. The number of benzene rings is 1. The first-order valence-electron chi connectivity index (χ1n) is 6.36. The summed E-state index contributed by atoms with van der Waals surface area (Å²) < 4.78 is 0. The summed E-state index contributed by atoms with van der Waals surface area (Å²) in [4.78, 5) is 22.9. The fraction of sp³-hybridized carbons (Fsp3) is 0.429. The highest BCUT2D eigenvalue weighted by molar-refractivity contribution is 5.95. The zero-order chi connectivity index (χ0) is 13.9. The average Bonchev–Trinajstić information content (AvgIpc) is 2.34. The van der Waals surface area contributed by atoms with Crippen molar-refractivity contribution in [2.24, 2.45) is 0 Å². The molecular formula is C14H18N2O3. The van der Waals surface area contributed by atoms with Crippen molar-refractivity contribution in [2.75, 3.05) is 11.9 Å². The second-order valence-corrected chi connectivity index (χ2v) is 5.00. The lowest BCUT2D eigenvalue weighted by Crippen LogP contribution is -2.57. The lowest BCUT2D eigenvalue weighted by Gasteiger charge is -2.40. The average molecular weight is 262 g/mol. The van der Waals surface area contributed by atoms with E-state index in [1.54, 1.807) is 24.3 Å². The quantitative estimate of drug-likeness (QED) is 0.725. The standard InChI is InChI=1S/C14H18N2O3/c1-10(18)11-3-5-12(6-4-11)15-13(19)16-14(9-17)7-2-8-14/h3-6,17H,2,7-9H2,1H3,(H2,15,16,19). The number of rotatable bonds is 4.